The van der Waals surface area contributed by atoms with Crippen molar-refractivity contribution in [3.63, 3.8) is 0 Å². The maximum atomic E-state index is 5.86. The van der Waals surface area contributed by atoms with Crippen LogP contribution < -0.4 is 15.5 Å². The van der Waals surface area contributed by atoms with Gasteiger partial charge in [0.25, 0.3) is 0 Å². The van der Waals surface area contributed by atoms with Crippen molar-refractivity contribution in [3.8, 4) is 0 Å². The van der Waals surface area contributed by atoms with Gasteiger partial charge in [-0.1, -0.05) is 12.1 Å². The van der Waals surface area contributed by atoms with Crippen molar-refractivity contribution in [2.75, 3.05) is 35.7 Å². The zero-order chi connectivity index (χ0) is 14.8. The highest BCUT2D eigenvalue weighted by molar-refractivity contribution is 5.59. The minimum atomic E-state index is 0.265. The summed E-state index contributed by atoms with van der Waals surface area (Å²) in [5.74, 6) is 1.52. The Hall–Kier alpha value is -2.37. The van der Waals surface area contributed by atoms with Crippen LogP contribution in [0, 0.1) is 6.92 Å². The first-order valence-corrected chi connectivity index (χ1v) is 7.20. The van der Waals surface area contributed by atoms with Crippen molar-refractivity contribution in [3.05, 3.63) is 29.8 Å². The van der Waals surface area contributed by atoms with Crippen LogP contribution >= 0.6 is 0 Å². The van der Waals surface area contributed by atoms with E-state index < -0.39 is 0 Å². The molecule has 0 saturated carbocycles. The van der Waals surface area contributed by atoms with Crippen LogP contribution in [0.25, 0.3) is 0 Å². The van der Waals surface area contributed by atoms with Crippen molar-refractivity contribution < 1.29 is 0 Å². The summed E-state index contributed by atoms with van der Waals surface area (Å²) in [6, 6.07) is 8.21. The van der Waals surface area contributed by atoms with Crippen LogP contribution in [-0.2, 0) is 0 Å². The van der Waals surface area contributed by atoms with Gasteiger partial charge in [-0.15, -0.1) is 0 Å². The highest BCUT2D eigenvalue weighted by Crippen LogP contribution is 2.24. The number of rotatable bonds is 3. The number of nitrogens with zero attached hydrogens (tertiary/aromatic N) is 5. The monoisotopic (exact) mass is 284 g/mol. The van der Waals surface area contributed by atoms with E-state index in [0.717, 1.165) is 18.8 Å². The van der Waals surface area contributed by atoms with Gasteiger partial charge in [-0.05, 0) is 37.5 Å². The molecule has 2 heterocycles. The standard InChI is InChI=1S/C15H20N6/c1-11-6-5-7-12(10-11)20(2)14-17-13(16)18-15(19-14)21-8-3-4-9-21/h5-7,10H,3-4,8-9H2,1-2H3,(H2,16,17,18,19). The molecule has 0 unspecified atom stereocenters. The van der Waals surface area contributed by atoms with Gasteiger partial charge in [-0.2, -0.15) is 15.0 Å². The van der Waals surface area contributed by atoms with Crippen LogP contribution in [0.1, 0.15) is 18.4 Å². The molecule has 1 fully saturated rings. The number of benzene rings is 1. The van der Waals surface area contributed by atoms with E-state index in [0.29, 0.717) is 11.9 Å². The highest BCUT2D eigenvalue weighted by Gasteiger charge is 2.18. The van der Waals surface area contributed by atoms with Crippen LogP contribution in [0.4, 0.5) is 23.5 Å². The lowest BCUT2D eigenvalue weighted by molar-refractivity contribution is 0.875. The first kappa shape index (κ1) is 13.6. The Morgan fingerprint density at radius 3 is 2.62 bits per heavy atom. The Kier molecular flexibility index (Phi) is 3.60. The minimum Gasteiger partial charge on any atom is -0.368 e. The molecule has 2 aromatic rings. The number of aromatic nitrogens is 3. The predicted octanol–water partition coefficient (Wildman–Crippen LogP) is 2.13. The molecule has 1 aliphatic heterocycles. The number of nitrogen functional groups attached to an aromatic ring is 1. The molecule has 2 N–H and O–H groups in total. The Bertz CT molecular complexity index is 636. The van der Waals surface area contributed by atoms with Gasteiger partial charge in [-0.25, -0.2) is 0 Å². The molecule has 0 atom stereocenters. The molecule has 1 aliphatic rings. The average molecular weight is 284 g/mol. The Balaban J connectivity index is 1.94. The lowest BCUT2D eigenvalue weighted by Crippen LogP contribution is -2.23. The Labute approximate surface area is 124 Å². The Morgan fingerprint density at radius 1 is 1.14 bits per heavy atom. The summed E-state index contributed by atoms with van der Waals surface area (Å²) in [7, 11) is 1.94. The quantitative estimate of drug-likeness (QED) is 0.931. The second-order valence-corrected chi connectivity index (χ2v) is 5.39. The van der Waals surface area contributed by atoms with E-state index in [9.17, 15) is 0 Å². The summed E-state index contributed by atoms with van der Waals surface area (Å²) in [5, 5.41) is 0. The average Bonchev–Trinajstić information content (AvgIpc) is 3.00. The molecule has 0 amide bonds. The third kappa shape index (κ3) is 2.89. The van der Waals surface area contributed by atoms with E-state index >= 15 is 0 Å². The van der Waals surface area contributed by atoms with Crippen molar-refractivity contribution >= 4 is 23.5 Å². The summed E-state index contributed by atoms with van der Waals surface area (Å²) < 4.78 is 0. The lowest BCUT2D eigenvalue weighted by atomic mass is 10.2. The van der Waals surface area contributed by atoms with Gasteiger partial charge < -0.3 is 15.5 Å². The molecule has 6 nitrogen and oxygen atoms in total. The fourth-order valence-electron chi connectivity index (χ4n) is 2.53. The zero-order valence-electron chi connectivity index (χ0n) is 12.5. The van der Waals surface area contributed by atoms with Gasteiger partial charge in [0.05, 0.1) is 0 Å². The fourth-order valence-corrected chi connectivity index (χ4v) is 2.53. The molecule has 1 saturated heterocycles. The van der Waals surface area contributed by atoms with Gasteiger partial charge in [0.1, 0.15) is 0 Å². The maximum Gasteiger partial charge on any atom is 0.236 e. The molecule has 0 radical (unpaired) electrons. The normalized spacial score (nSPS) is 14.5. The van der Waals surface area contributed by atoms with Crippen LogP contribution in [0.2, 0.25) is 0 Å². The minimum absolute atomic E-state index is 0.265. The summed E-state index contributed by atoms with van der Waals surface area (Å²) in [5.41, 5.74) is 8.09. The van der Waals surface area contributed by atoms with Crippen LogP contribution in [-0.4, -0.2) is 35.1 Å². The topological polar surface area (TPSA) is 71.2 Å². The molecule has 3 rings (SSSR count). The second-order valence-electron chi connectivity index (χ2n) is 5.39. The van der Waals surface area contributed by atoms with Crippen LogP contribution in [0.3, 0.4) is 0 Å². The van der Waals surface area contributed by atoms with E-state index in [1.54, 1.807) is 0 Å². The van der Waals surface area contributed by atoms with Crippen molar-refractivity contribution in [1.29, 1.82) is 0 Å². The van der Waals surface area contributed by atoms with Crippen molar-refractivity contribution in [2.24, 2.45) is 0 Å². The molecule has 0 aliphatic carbocycles. The molecule has 0 spiro atoms. The van der Waals surface area contributed by atoms with Gasteiger partial charge in [0, 0.05) is 25.8 Å². The fraction of sp³-hybridized carbons (Fsp3) is 0.400. The van der Waals surface area contributed by atoms with E-state index in [1.165, 1.54) is 18.4 Å². The van der Waals surface area contributed by atoms with Crippen molar-refractivity contribution in [1.82, 2.24) is 15.0 Å². The first-order chi connectivity index (χ1) is 10.1. The van der Waals surface area contributed by atoms with Gasteiger partial charge in [0.2, 0.25) is 17.8 Å². The Morgan fingerprint density at radius 2 is 1.90 bits per heavy atom. The molecule has 1 aromatic heterocycles. The molecule has 21 heavy (non-hydrogen) atoms. The largest absolute Gasteiger partial charge is 0.368 e. The molecule has 1 aromatic carbocycles. The van der Waals surface area contributed by atoms with E-state index in [-0.39, 0.29) is 5.95 Å². The number of aryl methyl sites for hydroxylation is 1. The second kappa shape index (κ2) is 5.55. The van der Waals surface area contributed by atoms with Crippen LogP contribution in [0.15, 0.2) is 24.3 Å². The van der Waals surface area contributed by atoms with E-state index in [1.807, 2.05) is 24.1 Å². The molecule has 0 bridgehead atoms. The SMILES string of the molecule is Cc1cccc(N(C)c2nc(N)nc(N3CCCC3)n2)c1. The number of nitrogens with two attached hydrogens (primary N) is 1. The number of hydrogen-bond acceptors (Lipinski definition) is 6. The van der Waals surface area contributed by atoms with Crippen LogP contribution in [0.5, 0.6) is 0 Å². The number of anilines is 4. The highest BCUT2D eigenvalue weighted by atomic mass is 15.3. The van der Waals surface area contributed by atoms with Gasteiger partial charge >= 0.3 is 0 Å². The first-order valence-electron chi connectivity index (χ1n) is 7.20. The van der Waals surface area contributed by atoms with Gasteiger partial charge in [0.15, 0.2) is 0 Å². The third-order valence-electron chi connectivity index (χ3n) is 3.71. The molecule has 6 heteroatoms. The number of hydrogen-bond donors (Lipinski definition) is 1. The van der Waals surface area contributed by atoms with E-state index in [2.05, 4.69) is 38.9 Å². The predicted molar refractivity (Wildman–Crippen MR) is 84.9 cm³/mol. The summed E-state index contributed by atoms with van der Waals surface area (Å²) in [6.07, 6.45) is 2.35. The van der Waals surface area contributed by atoms with Gasteiger partial charge in [-0.3, -0.25) is 0 Å². The molecular formula is C15H20N6. The smallest absolute Gasteiger partial charge is 0.236 e. The summed E-state index contributed by atoms with van der Waals surface area (Å²) in [6.45, 7) is 4.03. The zero-order valence-corrected chi connectivity index (χ0v) is 12.5. The van der Waals surface area contributed by atoms with E-state index in [4.69, 9.17) is 5.73 Å². The summed E-state index contributed by atoms with van der Waals surface area (Å²) in [4.78, 5) is 17.2. The third-order valence-corrected chi connectivity index (χ3v) is 3.71. The lowest BCUT2D eigenvalue weighted by Gasteiger charge is -2.21. The maximum absolute atomic E-state index is 5.86. The van der Waals surface area contributed by atoms with Crippen molar-refractivity contribution in [2.45, 2.75) is 19.8 Å². The summed E-state index contributed by atoms with van der Waals surface area (Å²) >= 11 is 0. The molecular weight excluding hydrogens is 264 g/mol. The molecule has 110 valence electrons.